The molecule has 0 fully saturated rings. The Balaban J connectivity index is 2.15. The Labute approximate surface area is 182 Å². The summed E-state index contributed by atoms with van der Waals surface area (Å²) in [4.78, 5) is 24.9. The minimum absolute atomic E-state index is 0.00491. The second-order valence-corrected chi connectivity index (χ2v) is 8.57. The lowest BCUT2D eigenvalue weighted by atomic mass is 9.87. The van der Waals surface area contributed by atoms with Gasteiger partial charge >= 0.3 is 5.97 Å². The Morgan fingerprint density at radius 1 is 1.16 bits per heavy atom. The molecule has 0 aromatic heterocycles. The molecular formula is C25H29NO5. The number of aryl methyl sites for hydroxylation is 1. The number of benzene rings is 2. The third kappa shape index (κ3) is 5.33. The van der Waals surface area contributed by atoms with Gasteiger partial charge in [-0.2, -0.15) is 0 Å². The van der Waals surface area contributed by atoms with Crippen molar-refractivity contribution in [3.8, 4) is 16.9 Å². The average molecular weight is 424 g/mol. The van der Waals surface area contributed by atoms with Crippen LogP contribution >= 0.6 is 0 Å². The van der Waals surface area contributed by atoms with Crippen LogP contribution in [0.3, 0.4) is 0 Å². The summed E-state index contributed by atoms with van der Waals surface area (Å²) in [5.41, 5.74) is 4.73. The van der Waals surface area contributed by atoms with Crippen LogP contribution < -0.4 is 10.1 Å². The first-order chi connectivity index (χ1) is 14.6. The third-order valence-electron chi connectivity index (χ3n) is 5.17. The molecule has 2 aromatic carbocycles. The summed E-state index contributed by atoms with van der Waals surface area (Å²) in [5, 5.41) is 12.8. The molecule has 1 amide bonds. The first kappa shape index (κ1) is 22.6. The molecule has 0 bridgehead atoms. The predicted octanol–water partition coefficient (Wildman–Crippen LogP) is 4.37. The van der Waals surface area contributed by atoms with Crippen LogP contribution in [0.1, 0.15) is 42.5 Å². The summed E-state index contributed by atoms with van der Waals surface area (Å²) >= 11 is 0. The van der Waals surface area contributed by atoms with Gasteiger partial charge in [0.1, 0.15) is 6.61 Å². The number of anilines is 1. The number of rotatable bonds is 5. The van der Waals surface area contributed by atoms with Crippen LogP contribution in [0.15, 0.2) is 36.6 Å². The molecule has 1 aliphatic rings. The zero-order valence-corrected chi connectivity index (χ0v) is 18.7. The Bertz CT molecular complexity index is 1030. The molecule has 6 nitrogen and oxygen atoms in total. The van der Waals surface area contributed by atoms with E-state index in [0.717, 1.165) is 33.4 Å². The van der Waals surface area contributed by atoms with Crippen molar-refractivity contribution in [1.82, 2.24) is 0 Å². The molecule has 2 N–H and O–H groups in total. The van der Waals surface area contributed by atoms with E-state index in [9.17, 15) is 14.7 Å². The van der Waals surface area contributed by atoms with Crippen molar-refractivity contribution < 1.29 is 24.2 Å². The maximum absolute atomic E-state index is 12.7. The van der Waals surface area contributed by atoms with E-state index in [-0.39, 0.29) is 25.4 Å². The number of esters is 1. The van der Waals surface area contributed by atoms with Gasteiger partial charge in [0.05, 0.1) is 24.0 Å². The maximum atomic E-state index is 12.7. The zero-order valence-electron chi connectivity index (χ0n) is 18.7. The lowest BCUT2D eigenvalue weighted by molar-refractivity contribution is -0.149. The zero-order chi connectivity index (χ0) is 22.8. The second kappa shape index (κ2) is 8.94. The highest BCUT2D eigenvalue weighted by Gasteiger charge is 2.26. The summed E-state index contributed by atoms with van der Waals surface area (Å²) in [6.45, 7) is 8.86. The molecule has 0 saturated heterocycles. The third-order valence-corrected chi connectivity index (χ3v) is 5.17. The maximum Gasteiger partial charge on any atom is 0.310 e. The van der Waals surface area contributed by atoms with E-state index in [2.05, 4.69) is 5.32 Å². The number of carbonyl (C=O) groups excluding carboxylic acids is 2. The molecule has 0 aliphatic carbocycles. The van der Waals surface area contributed by atoms with Crippen molar-refractivity contribution in [1.29, 1.82) is 0 Å². The van der Waals surface area contributed by atoms with Crippen molar-refractivity contribution in [3.63, 3.8) is 0 Å². The summed E-state index contributed by atoms with van der Waals surface area (Å²) < 4.78 is 11.2. The minimum atomic E-state index is -1.11. The first-order valence-corrected chi connectivity index (χ1v) is 10.3. The van der Waals surface area contributed by atoms with Crippen LogP contribution in [0.5, 0.6) is 5.75 Å². The molecule has 1 aliphatic heterocycles. The summed E-state index contributed by atoms with van der Waals surface area (Å²) in [6.07, 6.45) is 3.41. The molecule has 0 unspecified atom stereocenters. The van der Waals surface area contributed by atoms with Crippen LogP contribution in [0.25, 0.3) is 11.1 Å². The number of amides is 1. The molecule has 0 spiro atoms. The quantitative estimate of drug-likeness (QED) is 0.698. The molecule has 3 rings (SSSR count). The van der Waals surface area contributed by atoms with Gasteiger partial charge in [0, 0.05) is 12.0 Å². The smallest absolute Gasteiger partial charge is 0.310 e. The van der Waals surface area contributed by atoms with Crippen molar-refractivity contribution in [3.05, 3.63) is 58.9 Å². The Kier molecular flexibility index (Phi) is 6.51. The van der Waals surface area contributed by atoms with E-state index in [0.29, 0.717) is 11.4 Å². The average Bonchev–Trinajstić information content (AvgIpc) is 2.68. The number of carbonyl (C=O) groups is 2. The minimum Gasteiger partial charge on any atom is -0.463 e. The lowest BCUT2D eigenvalue weighted by Crippen LogP contribution is -2.28. The molecule has 0 saturated carbocycles. The lowest BCUT2D eigenvalue weighted by Gasteiger charge is -2.24. The second-order valence-electron chi connectivity index (χ2n) is 8.57. The highest BCUT2D eigenvalue weighted by molar-refractivity contribution is 5.97. The van der Waals surface area contributed by atoms with Crippen molar-refractivity contribution in [2.24, 2.45) is 0 Å². The predicted molar refractivity (Wildman–Crippen MR) is 120 cm³/mol. The number of nitrogens with one attached hydrogen (secondary N) is 1. The number of fused-ring (bicyclic) bond motifs is 1. The molecule has 0 atom stereocenters. The number of hydrogen-bond acceptors (Lipinski definition) is 5. The Hall–Kier alpha value is -3.12. The summed E-state index contributed by atoms with van der Waals surface area (Å²) in [6, 6.07) is 8.04. The molecular weight excluding hydrogens is 394 g/mol. The van der Waals surface area contributed by atoms with Gasteiger partial charge in [-0.05, 0) is 62.9 Å². The van der Waals surface area contributed by atoms with Gasteiger partial charge in [-0.15, -0.1) is 0 Å². The van der Waals surface area contributed by atoms with Crippen molar-refractivity contribution >= 4 is 17.6 Å². The molecule has 164 valence electrons. The summed E-state index contributed by atoms with van der Waals surface area (Å²) in [7, 11) is 0. The molecule has 6 heteroatoms. The number of aliphatic hydroxyl groups is 1. The molecule has 31 heavy (non-hydrogen) atoms. The topological polar surface area (TPSA) is 84.9 Å². The highest BCUT2D eigenvalue weighted by atomic mass is 16.5. The van der Waals surface area contributed by atoms with Gasteiger partial charge in [-0.1, -0.05) is 29.8 Å². The Morgan fingerprint density at radius 3 is 2.48 bits per heavy atom. The fraction of sp³-hybridized carbons (Fsp3) is 0.360. The fourth-order valence-corrected chi connectivity index (χ4v) is 3.58. The Morgan fingerprint density at radius 2 is 1.84 bits per heavy atom. The SMILES string of the molecule is Cc1ccc(-c2c(C)c3c(c(C)c2CC(=O)OCC(C)(C)O)NC(=O)CC=CO3)cc1. The van der Waals surface area contributed by atoms with E-state index in [1.54, 1.807) is 19.9 Å². The van der Waals surface area contributed by atoms with E-state index >= 15 is 0 Å². The van der Waals surface area contributed by atoms with Crippen molar-refractivity contribution in [2.45, 2.75) is 53.1 Å². The van der Waals surface area contributed by atoms with Crippen LogP contribution in [0.2, 0.25) is 0 Å². The number of hydrogen-bond donors (Lipinski definition) is 2. The van der Waals surface area contributed by atoms with Gasteiger partial charge in [-0.3, -0.25) is 9.59 Å². The van der Waals surface area contributed by atoms with Gasteiger partial charge < -0.3 is 19.9 Å². The normalized spacial score (nSPS) is 13.5. The number of ether oxygens (including phenoxy) is 2. The molecule has 0 radical (unpaired) electrons. The van der Waals surface area contributed by atoms with Gasteiger partial charge in [0.15, 0.2) is 5.75 Å². The highest BCUT2D eigenvalue weighted by Crippen LogP contribution is 2.43. The van der Waals surface area contributed by atoms with E-state index in [4.69, 9.17) is 9.47 Å². The standard InChI is InChI=1S/C25H29NO5/c1-15-8-10-18(11-9-15)22-17(3)24-23(26-20(27)7-6-12-30-24)16(2)19(22)13-21(28)31-14-25(4,5)29/h6,8-12,29H,7,13-14H2,1-5H3,(H,26,27). The summed E-state index contributed by atoms with van der Waals surface area (Å²) in [5.74, 6) is -0.0381. The van der Waals surface area contributed by atoms with Crippen molar-refractivity contribution in [2.75, 3.05) is 11.9 Å². The van der Waals surface area contributed by atoms with Crippen LogP contribution in [0.4, 0.5) is 5.69 Å². The fourth-order valence-electron chi connectivity index (χ4n) is 3.58. The van der Waals surface area contributed by atoms with E-state index in [1.165, 1.54) is 6.26 Å². The van der Waals surface area contributed by atoms with Crippen LogP contribution in [0, 0.1) is 20.8 Å². The van der Waals surface area contributed by atoms with E-state index in [1.807, 2.05) is 45.0 Å². The van der Waals surface area contributed by atoms with Crippen LogP contribution in [-0.4, -0.2) is 29.2 Å². The molecule has 1 heterocycles. The van der Waals surface area contributed by atoms with E-state index < -0.39 is 11.6 Å². The largest absolute Gasteiger partial charge is 0.463 e. The van der Waals surface area contributed by atoms with Gasteiger partial charge in [0.2, 0.25) is 5.91 Å². The monoisotopic (exact) mass is 423 g/mol. The van der Waals surface area contributed by atoms with Gasteiger partial charge in [-0.25, -0.2) is 0 Å². The van der Waals surface area contributed by atoms with Gasteiger partial charge in [0.25, 0.3) is 0 Å². The first-order valence-electron chi connectivity index (χ1n) is 10.3. The molecule has 2 aromatic rings. The van der Waals surface area contributed by atoms with Crippen LogP contribution in [-0.2, 0) is 20.7 Å².